The third kappa shape index (κ3) is 5.24. The number of pyridine rings is 1. The molecule has 0 unspecified atom stereocenters. The average molecular weight is 416 g/mol. The minimum Gasteiger partial charge on any atom is -0.493 e. The van der Waals surface area contributed by atoms with Crippen molar-refractivity contribution in [3.05, 3.63) is 77.6 Å². The van der Waals surface area contributed by atoms with Crippen molar-refractivity contribution in [3.63, 3.8) is 0 Å². The Labute approximate surface area is 173 Å². The summed E-state index contributed by atoms with van der Waals surface area (Å²) >= 11 is 0. The summed E-state index contributed by atoms with van der Waals surface area (Å²) in [5, 5.41) is 18.4. The Bertz CT molecular complexity index is 991. The lowest BCUT2D eigenvalue weighted by Gasteiger charge is -2.13. The van der Waals surface area contributed by atoms with Gasteiger partial charge in [0.15, 0.2) is 11.5 Å². The second-order valence-electron chi connectivity index (χ2n) is 5.88. The fourth-order valence-electron chi connectivity index (χ4n) is 2.62. The molecule has 0 aliphatic rings. The Balaban J connectivity index is 0.00000300. The Morgan fingerprint density at radius 1 is 0.862 bits per heavy atom. The number of aromatic nitrogens is 1. The topological polar surface area (TPSA) is 106 Å². The minimum atomic E-state index is -1.31. The number of benzene rings is 2. The zero-order valence-electron chi connectivity index (χ0n) is 15.4. The largest absolute Gasteiger partial charge is 0.493 e. The van der Waals surface area contributed by atoms with E-state index in [1.807, 2.05) is 30.3 Å². The maximum Gasteiger partial charge on any atom is 0.354 e. The molecular weight excluding hydrogens is 398 g/mol. The van der Waals surface area contributed by atoms with Gasteiger partial charge in [-0.15, -0.1) is 12.4 Å². The van der Waals surface area contributed by atoms with E-state index in [9.17, 15) is 19.8 Å². The van der Waals surface area contributed by atoms with Crippen LogP contribution in [0.25, 0.3) is 11.1 Å². The van der Waals surface area contributed by atoms with Gasteiger partial charge in [-0.1, -0.05) is 36.4 Å². The number of rotatable bonds is 7. The molecule has 1 aromatic heterocycles. The molecule has 0 radical (unpaired) electrons. The van der Waals surface area contributed by atoms with Gasteiger partial charge in [-0.05, 0) is 41.0 Å². The molecule has 2 N–H and O–H groups in total. The second kappa shape index (κ2) is 9.57. The van der Waals surface area contributed by atoms with Gasteiger partial charge < -0.3 is 19.7 Å². The van der Waals surface area contributed by atoms with Crippen LogP contribution < -0.4 is 9.47 Å². The van der Waals surface area contributed by atoms with E-state index in [-0.39, 0.29) is 23.8 Å². The van der Waals surface area contributed by atoms with Crippen molar-refractivity contribution in [2.24, 2.45) is 0 Å². The van der Waals surface area contributed by atoms with E-state index in [4.69, 9.17) is 9.47 Å². The third-order valence-electron chi connectivity index (χ3n) is 4.00. The fraction of sp³-hybridized carbons (Fsp3) is 0.0952. The zero-order chi connectivity index (χ0) is 20.1. The maximum absolute atomic E-state index is 11.3. The minimum absolute atomic E-state index is 0. The van der Waals surface area contributed by atoms with Crippen molar-refractivity contribution >= 4 is 24.3 Å². The molecule has 0 spiro atoms. The summed E-state index contributed by atoms with van der Waals surface area (Å²) in [6.45, 7) is 0.359. The van der Waals surface area contributed by atoms with E-state index in [2.05, 4.69) is 4.98 Å². The maximum atomic E-state index is 11.3. The van der Waals surface area contributed by atoms with Gasteiger partial charge in [-0.2, -0.15) is 0 Å². The first kappa shape index (κ1) is 21.7. The predicted octanol–water partition coefficient (Wildman–Crippen LogP) is 4.15. The molecule has 0 aliphatic carbocycles. The molecule has 0 saturated heterocycles. The number of methoxy groups -OCH3 is 1. The molecule has 7 nitrogen and oxygen atoms in total. The second-order valence-corrected chi connectivity index (χ2v) is 5.88. The standard InChI is InChI=1S/C21H17NO6.ClH/c1-27-19-11-14(7-8-18(19)28-12-13-5-3-2-4-6-13)15-9-16(20(23)24)22-17(10-15)21(25)26;/h2-11H,12H2,1H3,(H,23,24)(H,25,26);1H. The van der Waals surface area contributed by atoms with Gasteiger partial charge in [0, 0.05) is 0 Å². The normalized spacial score (nSPS) is 9.97. The Hall–Kier alpha value is -3.58. The van der Waals surface area contributed by atoms with E-state index < -0.39 is 11.9 Å². The SMILES string of the molecule is COc1cc(-c2cc(C(=O)O)nc(C(=O)O)c2)ccc1OCc1ccccc1.Cl. The lowest BCUT2D eigenvalue weighted by molar-refractivity contribution is 0.0685. The summed E-state index contributed by atoms with van der Waals surface area (Å²) in [5.74, 6) is -1.65. The van der Waals surface area contributed by atoms with E-state index in [0.29, 0.717) is 29.2 Å². The van der Waals surface area contributed by atoms with Crippen LogP contribution in [0.1, 0.15) is 26.5 Å². The van der Waals surface area contributed by atoms with Gasteiger partial charge in [-0.25, -0.2) is 14.6 Å². The number of hydrogen-bond donors (Lipinski definition) is 2. The number of carboxylic acid groups (broad SMARTS) is 2. The lowest BCUT2D eigenvalue weighted by atomic mass is 10.0. The summed E-state index contributed by atoms with van der Waals surface area (Å²) in [6, 6.07) is 17.3. The molecule has 0 amide bonds. The van der Waals surface area contributed by atoms with E-state index in [1.54, 1.807) is 18.2 Å². The Morgan fingerprint density at radius 3 is 2.03 bits per heavy atom. The molecule has 150 valence electrons. The highest BCUT2D eigenvalue weighted by Gasteiger charge is 2.15. The summed E-state index contributed by atoms with van der Waals surface area (Å²) < 4.78 is 11.2. The van der Waals surface area contributed by atoms with Crippen LogP contribution in [0.2, 0.25) is 0 Å². The van der Waals surface area contributed by atoms with Crippen molar-refractivity contribution < 1.29 is 29.3 Å². The van der Waals surface area contributed by atoms with Gasteiger partial charge in [0.25, 0.3) is 0 Å². The fourth-order valence-corrected chi connectivity index (χ4v) is 2.62. The van der Waals surface area contributed by atoms with Crippen LogP contribution in [0.15, 0.2) is 60.7 Å². The Morgan fingerprint density at radius 2 is 1.48 bits per heavy atom. The summed E-state index contributed by atoms with van der Waals surface area (Å²) in [6.07, 6.45) is 0. The molecule has 0 atom stereocenters. The number of halogens is 1. The van der Waals surface area contributed by atoms with Gasteiger partial charge in [0.1, 0.15) is 18.0 Å². The van der Waals surface area contributed by atoms with Crippen molar-refractivity contribution in [3.8, 4) is 22.6 Å². The molecule has 0 bridgehead atoms. The highest BCUT2D eigenvalue weighted by atomic mass is 35.5. The first-order chi connectivity index (χ1) is 13.5. The van der Waals surface area contributed by atoms with Crippen molar-refractivity contribution in [1.82, 2.24) is 4.98 Å². The van der Waals surface area contributed by atoms with Crippen LogP contribution in [0.4, 0.5) is 0 Å². The molecule has 0 saturated carbocycles. The molecular formula is C21H18ClNO6. The molecule has 0 aliphatic heterocycles. The molecule has 3 aromatic rings. The highest BCUT2D eigenvalue weighted by Crippen LogP contribution is 2.33. The molecule has 3 rings (SSSR count). The molecule has 2 aromatic carbocycles. The van der Waals surface area contributed by atoms with Crippen LogP contribution in [-0.4, -0.2) is 34.2 Å². The van der Waals surface area contributed by atoms with Crippen LogP contribution in [0, 0.1) is 0 Å². The molecule has 29 heavy (non-hydrogen) atoms. The van der Waals surface area contributed by atoms with Crippen LogP contribution in [-0.2, 0) is 6.61 Å². The van der Waals surface area contributed by atoms with Gasteiger partial charge in [-0.3, -0.25) is 0 Å². The average Bonchev–Trinajstić information content (AvgIpc) is 2.72. The van der Waals surface area contributed by atoms with Crippen molar-refractivity contribution in [1.29, 1.82) is 0 Å². The van der Waals surface area contributed by atoms with Crippen molar-refractivity contribution in [2.45, 2.75) is 6.61 Å². The highest BCUT2D eigenvalue weighted by molar-refractivity contribution is 5.92. The third-order valence-corrected chi connectivity index (χ3v) is 4.00. The first-order valence-corrected chi connectivity index (χ1v) is 8.31. The quantitative estimate of drug-likeness (QED) is 0.596. The van der Waals surface area contributed by atoms with E-state index >= 15 is 0 Å². The number of carbonyl (C=O) groups is 2. The molecule has 1 heterocycles. The number of hydrogen-bond acceptors (Lipinski definition) is 5. The van der Waals surface area contributed by atoms with Crippen molar-refractivity contribution in [2.75, 3.05) is 7.11 Å². The lowest BCUT2D eigenvalue weighted by Crippen LogP contribution is -2.07. The van der Waals surface area contributed by atoms with Crippen LogP contribution in [0.5, 0.6) is 11.5 Å². The van der Waals surface area contributed by atoms with Crippen LogP contribution >= 0.6 is 12.4 Å². The van der Waals surface area contributed by atoms with Gasteiger partial charge >= 0.3 is 11.9 Å². The molecule has 8 heteroatoms. The number of aromatic carboxylic acids is 2. The zero-order valence-corrected chi connectivity index (χ0v) is 16.2. The summed E-state index contributed by atoms with van der Waals surface area (Å²) in [4.78, 5) is 26.1. The number of ether oxygens (including phenoxy) is 2. The summed E-state index contributed by atoms with van der Waals surface area (Å²) in [5.41, 5.74) is 1.28. The monoisotopic (exact) mass is 415 g/mol. The number of nitrogens with zero attached hydrogens (tertiary/aromatic N) is 1. The number of carboxylic acids is 2. The van der Waals surface area contributed by atoms with E-state index in [1.165, 1.54) is 19.2 Å². The van der Waals surface area contributed by atoms with Gasteiger partial charge in [0.05, 0.1) is 7.11 Å². The Kier molecular flexibility index (Phi) is 7.16. The van der Waals surface area contributed by atoms with E-state index in [0.717, 1.165) is 5.56 Å². The predicted molar refractivity (Wildman–Crippen MR) is 108 cm³/mol. The molecule has 0 fully saturated rings. The first-order valence-electron chi connectivity index (χ1n) is 8.31. The van der Waals surface area contributed by atoms with Crippen LogP contribution in [0.3, 0.4) is 0 Å². The summed E-state index contributed by atoms with van der Waals surface area (Å²) in [7, 11) is 1.49. The van der Waals surface area contributed by atoms with Gasteiger partial charge in [0.2, 0.25) is 0 Å². The smallest absolute Gasteiger partial charge is 0.354 e.